The molecule has 0 aliphatic carbocycles. The van der Waals surface area contributed by atoms with Gasteiger partial charge in [0.2, 0.25) is 5.91 Å². The van der Waals surface area contributed by atoms with Crippen molar-refractivity contribution < 1.29 is 9.59 Å². The lowest BCUT2D eigenvalue weighted by Gasteiger charge is -2.26. The largest absolute Gasteiger partial charge is 0.350 e. The molecule has 0 unspecified atom stereocenters. The van der Waals surface area contributed by atoms with Crippen molar-refractivity contribution in [3.63, 3.8) is 0 Å². The topological polar surface area (TPSA) is 61.4 Å². The van der Waals surface area contributed by atoms with E-state index in [0.29, 0.717) is 30.0 Å². The number of anilines is 1. The molecule has 0 saturated carbocycles. The van der Waals surface area contributed by atoms with Gasteiger partial charge in [-0.3, -0.25) is 9.59 Å². The molecule has 1 heterocycles. The van der Waals surface area contributed by atoms with Gasteiger partial charge in [-0.05, 0) is 55.9 Å². The van der Waals surface area contributed by atoms with Crippen LogP contribution in [0.3, 0.4) is 0 Å². The summed E-state index contributed by atoms with van der Waals surface area (Å²) >= 11 is 6.31. The molecule has 0 bridgehead atoms. The van der Waals surface area contributed by atoms with E-state index in [1.54, 1.807) is 12.1 Å². The molecule has 5 nitrogen and oxygen atoms in total. The Morgan fingerprint density at radius 2 is 2.00 bits per heavy atom. The van der Waals surface area contributed by atoms with Gasteiger partial charge in [0.15, 0.2) is 0 Å². The molecular formula is C20H22ClN3O2. The van der Waals surface area contributed by atoms with Crippen LogP contribution in [0.2, 0.25) is 5.02 Å². The summed E-state index contributed by atoms with van der Waals surface area (Å²) in [6.45, 7) is 0.448. The lowest BCUT2D eigenvalue weighted by atomic mass is 10.00. The van der Waals surface area contributed by atoms with Crippen LogP contribution >= 0.6 is 11.6 Å². The van der Waals surface area contributed by atoms with Crippen LogP contribution in [0.1, 0.15) is 33.9 Å². The van der Waals surface area contributed by atoms with Crippen LogP contribution in [0.5, 0.6) is 0 Å². The van der Waals surface area contributed by atoms with Crippen LogP contribution in [0, 0.1) is 0 Å². The normalized spacial score (nSPS) is 14.5. The Balaban J connectivity index is 1.71. The van der Waals surface area contributed by atoms with Crippen molar-refractivity contribution >= 4 is 29.1 Å². The van der Waals surface area contributed by atoms with Crippen molar-refractivity contribution in [2.75, 3.05) is 26.0 Å². The summed E-state index contributed by atoms with van der Waals surface area (Å²) in [4.78, 5) is 26.1. The van der Waals surface area contributed by atoms with E-state index in [1.165, 1.54) is 0 Å². The molecule has 1 atom stereocenters. The number of benzene rings is 2. The van der Waals surface area contributed by atoms with Crippen molar-refractivity contribution in [1.82, 2.24) is 10.2 Å². The Bertz CT molecular complexity index is 836. The SMILES string of the molecule is CN(C)[C@H](CNC(=O)c1ccc2c(c1)CCC(=O)N2)c1ccccc1Cl. The molecule has 3 rings (SSSR count). The first-order chi connectivity index (χ1) is 12.5. The van der Waals surface area contributed by atoms with Gasteiger partial charge in [0.1, 0.15) is 0 Å². The Labute approximate surface area is 158 Å². The number of nitrogens with zero attached hydrogens (tertiary/aromatic N) is 1. The van der Waals surface area contributed by atoms with E-state index in [-0.39, 0.29) is 17.9 Å². The Morgan fingerprint density at radius 1 is 1.23 bits per heavy atom. The van der Waals surface area contributed by atoms with Crippen LogP contribution in [0.4, 0.5) is 5.69 Å². The molecule has 2 aromatic carbocycles. The highest BCUT2D eigenvalue weighted by Crippen LogP contribution is 2.26. The van der Waals surface area contributed by atoms with Gasteiger partial charge in [0.25, 0.3) is 5.91 Å². The number of carbonyl (C=O) groups excluding carboxylic acids is 2. The summed E-state index contributed by atoms with van der Waals surface area (Å²) in [5.41, 5.74) is 3.36. The second-order valence-corrected chi connectivity index (χ2v) is 7.04. The predicted octanol–water partition coefficient (Wildman–Crippen LogP) is 3.26. The minimum Gasteiger partial charge on any atom is -0.350 e. The molecule has 6 heteroatoms. The average molecular weight is 372 g/mol. The fourth-order valence-corrected chi connectivity index (χ4v) is 3.39. The van der Waals surface area contributed by atoms with E-state index in [0.717, 1.165) is 16.8 Å². The number of halogens is 1. The van der Waals surface area contributed by atoms with Gasteiger partial charge in [-0.15, -0.1) is 0 Å². The third-order valence-corrected chi connectivity index (χ3v) is 4.95. The summed E-state index contributed by atoms with van der Waals surface area (Å²) in [5.74, 6) is -0.119. The van der Waals surface area contributed by atoms with Crippen LogP contribution in [-0.4, -0.2) is 37.4 Å². The van der Waals surface area contributed by atoms with E-state index < -0.39 is 0 Å². The molecule has 0 spiro atoms. The second kappa shape index (κ2) is 7.89. The van der Waals surface area contributed by atoms with E-state index in [1.807, 2.05) is 49.3 Å². The molecule has 0 aromatic heterocycles. The standard InChI is InChI=1S/C20H22ClN3O2/c1-24(2)18(15-5-3-4-6-16(15)21)12-22-20(26)14-7-9-17-13(11-14)8-10-19(25)23-17/h3-7,9,11,18H,8,10,12H2,1-2H3,(H,22,26)(H,23,25)/t18-/m1/s1. The highest BCUT2D eigenvalue weighted by molar-refractivity contribution is 6.31. The first-order valence-electron chi connectivity index (χ1n) is 8.57. The van der Waals surface area contributed by atoms with E-state index in [4.69, 9.17) is 11.6 Å². The molecule has 2 amide bonds. The maximum atomic E-state index is 12.6. The van der Waals surface area contributed by atoms with Crippen LogP contribution in [0.25, 0.3) is 0 Å². The summed E-state index contributed by atoms with van der Waals surface area (Å²) in [5, 5.41) is 6.51. The summed E-state index contributed by atoms with van der Waals surface area (Å²) in [6, 6.07) is 13.0. The van der Waals surface area contributed by atoms with Gasteiger partial charge in [-0.1, -0.05) is 29.8 Å². The van der Waals surface area contributed by atoms with Crippen molar-refractivity contribution in [2.24, 2.45) is 0 Å². The van der Waals surface area contributed by atoms with Crippen molar-refractivity contribution in [3.8, 4) is 0 Å². The smallest absolute Gasteiger partial charge is 0.251 e. The first kappa shape index (κ1) is 18.4. The molecule has 2 aromatic rings. The Morgan fingerprint density at radius 3 is 2.73 bits per heavy atom. The first-order valence-corrected chi connectivity index (χ1v) is 8.95. The van der Waals surface area contributed by atoms with Crippen LogP contribution in [0.15, 0.2) is 42.5 Å². The second-order valence-electron chi connectivity index (χ2n) is 6.63. The zero-order valence-corrected chi connectivity index (χ0v) is 15.6. The maximum absolute atomic E-state index is 12.6. The number of carbonyl (C=O) groups is 2. The van der Waals surface area contributed by atoms with Gasteiger partial charge in [-0.2, -0.15) is 0 Å². The van der Waals surface area contributed by atoms with Gasteiger partial charge in [0, 0.05) is 29.2 Å². The van der Waals surface area contributed by atoms with Gasteiger partial charge in [-0.25, -0.2) is 0 Å². The predicted molar refractivity (Wildman–Crippen MR) is 104 cm³/mol. The average Bonchev–Trinajstić information content (AvgIpc) is 2.62. The third-order valence-electron chi connectivity index (χ3n) is 4.61. The number of hydrogen-bond acceptors (Lipinski definition) is 3. The number of amides is 2. The van der Waals surface area contributed by atoms with Crippen molar-refractivity contribution in [2.45, 2.75) is 18.9 Å². The fourth-order valence-electron chi connectivity index (χ4n) is 3.13. The lowest BCUT2D eigenvalue weighted by Crippen LogP contribution is -2.34. The summed E-state index contributed by atoms with van der Waals surface area (Å²) in [6.07, 6.45) is 1.11. The zero-order valence-electron chi connectivity index (χ0n) is 14.9. The summed E-state index contributed by atoms with van der Waals surface area (Å²) in [7, 11) is 3.92. The summed E-state index contributed by atoms with van der Waals surface area (Å²) < 4.78 is 0. The van der Waals surface area contributed by atoms with Crippen molar-refractivity contribution in [3.05, 3.63) is 64.2 Å². The van der Waals surface area contributed by atoms with Gasteiger partial charge < -0.3 is 15.5 Å². The maximum Gasteiger partial charge on any atom is 0.251 e. The van der Waals surface area contributed by atoms with E-state index in [9.17, 15) is 9.59 Å². The zero-order chi connectivity index (χ0) is 18.7. The minimum atomic E-state index is -0.136. The number of hydrogen-bond donors (Lipinski definition) is 2. The third kappa shape index (κ3) is 4.06. The molecule has 0 radical (unpaired) electrons. The molecular weight excluding hydrogens is 350 g/mol. The monoisotopic (exact) mass is 371 g/mol. The number of nitrogens with one attached hydrogen (secondary N) is 2. The molecule has 26 heavy (non-hydrogen) atoms. The van der Waals surface area contributed by atoms with E-state index in [2.05, 4.69) is 10.6 Å². The van der Waals surface area contributed by atoms with E-state index >= 15 is 0 Å². The molecule has 1 aliphatic rings. The fraction of sp³-hybridized carbons (Fsp3) is 0.300. The van der Waals surface area contributed by atoms with Crippen LogP contribution in [-0.2, 0) is 11.2 Å². The number of fused-ring (bicyclic) bond motifs is 1. The highest BCUT2D eigenvalue weighted by atomic mass is 35.5. The van der Waals surface area contributed by atoms with Crippen molar-refractivity contribution in [1.29, 1.82) is 0 Å². The number of rotatable bonds is 5. The van der Waals surface area contributed by atoms with Crippen LogP contribution < -0.4 is 10.6 Å². The minimum absolute atomic E-state index is 0.0169. The number of aryl methyl sites for hydroxylation is 1. The molecule has 136 valence electrons. The number of likely N-dealkylation sites (N-methyl/N-ethyl adjacent to an activating group) is 1. The Kier molecular flexibility index (Phi) is 5.59. The molecule has 0 saturated heterocycles. The Hall–Kier alpha value is -2.37. The quantitative estimate of drug-likeness (QED) is 0.848. The molecule has 2 N–H and O–H groups in total. The van der Waals surface area contributed by atoms with Gasteiger partial charge in [0.05, 0.1) is 6.04 Å². The van der Waals surface area contributed by atoms with Gasteiger partial charge >= 0.3 is 0 Å². The highest BCUT2D eigenvalue weighted by Gasteiger charge is 2.20. The molecule has 1 aliphatic heterocycles. The molecule has 0 fully saturated rings. The lowest BCUT2D eigenvalue weighted by molar-refractivity contribution is -0.116.